The molecule has 0 amide bonds. The first-order chi connectivity index (χ1) is 8.42. The number of aryl methyl sites for hydroxylation is 1. The molecule has 8 heteroatoms. The molecule has 0 spiro atoms. The summed E-state index contributed by atoms with van der Waals surface area (Å²) in [4.78, 5) is 0.205. The standard InChI is InChI=1S/C10H12N4O2S2/c1-6-3-4-8(11)7(2)10(6)18(15,16)13-9-5-12-14-17-9/h3-5,13H,11H2,1-2H3. The summed E-state index contributed by atoms with van der Waals surface area (Å²) in [7, 11) is -3.67. The van der Waals surface area contributed by atoms with Crippen molar-refractivity contribution in [2.45, 2.75) is 18.7 Å². The Morgan fingerprint density at radius 2 is 2.06 bits per heavy atom. The quantitative estimate of drug-likeness (QED) is 0.833. The summed E-state index contributed by atoms with van der Waals surface area (Å²) in [5, 5.41) is 3.95. The average Bonchev–Trinajstić information content (AvgIpc) is 2.75. The van der Waals surface area contributed by atoms with Crippen molar-refractivity contribution >= 4 is 32.2 Å². The summed E-state index contributed by atoms with van der Waals surface area (Å²) in [6.07, 6.45) is 1.36. The van der Waals surface area contributed by atoms with Crippen molar-refractivity contribution in [1.82, 2.24) is 9.59 Å². The van der Waals surface area contributed by atoms with Gasteiger partial charge in [0.25, 0.3) is 10.0 Å². The topological polar surface area (TPSA) is 98.0 Å². The number of hydrogen-bond donors (Lipinski definition) is 2. The highest BCUT2D eigenvalue weighted by molar-refractivity contribution is 7.93. The van der Waals surface area contributed by atoms with Crippen LogP contribution in [0.1, 0.15) is 11.1 Å². The Labute approximate surface area is 109 Å². The number of nitrogens with zero attached hydrogens (tertiary/aromatic N) is 2. The molecular formula is C10H12N4O2S2. The van der Waals surface area contributed by atoms with E-state index in [9.17, 15) is 8.42 Å². The lowest BCUT2D eigenvalue weighted by Gasteiger charge is -2.12. The Morgan fingerprint density at radius 3 is 2.67 bits per heavy atom. The zero-order valence-electron chi connectivity index (χ0n) is 9.84. The number of nitrogens with two attached hydrogens (primary N) is 1. The first-order valence-corrected chi connectivity index (χ1v) is 7.33. The lowest BCUT2D eigenvalue weighted by Crippen LogP contribution is -2.15. The Balaban J connectivity index is 2.51. The second-order valence-corrected chi connectivity index (χ2v) is 6.22. The molecule has 0 atom stereocenters. The molecule has 0 saturated carbocycles. The molecule has 2 rings (SSSR count). The predicted octanol–water partition coefficient (Wildman–Crippen LogP) is 1.54. The van der Waals surface area contributed by atoms with E-state index in [0.717, 1.165) is 11.5 Å². The van der Waals surface area contributed by atoms with Crippen LogP contribution in [-0.2, 0) is 10.0 Å². The summed E-state index contributed by atoms with van der Waals surface area (Å²) in [5.74, 6) is 0. The molecule has 0 radical (unpaired) electrons. The molecule has 0 saturated heterocycles. The molecule has 18 heavy (non-hydrogen) atoms. The first kappa shape index (κ1) is 12.8. The number of rotatable bonds is 3. The molecule has 96 valence electrons. The SMILES string of the molecule is Cc1ccc(N)c(C)c1S(=O)(=O)Nc1cnns1. The van der Waals surface area contributed by atoms with Crippen LogP contribution < -0.4 is 10.5 Å². The van der Waals surface area contributed by atoms with Crippen LogP contribution in [-0.4, -0.2) is 18.0 Å². The molecule has 2 aromatic rings. The zero-order valence-corrected chi connectivity index (χ0v) is 11.5. The van der Waals surface area contributed by atoms with Crippen LogP contribution in [0.5, 0.6) is 0 Å². The number of hydrogen-bond acceptors (Lipinski definition) is 6. The molecule has 1 aromatic carbocycles. The fraction of sp³-hybridized carbons (Fsp3) is 0.200. The Hall–Kier alpha value is -1.67. The van der Waals surface area contributed by atoms with E-state index in [0.29, 0.717) is 21.8 Å². The van der Waals surface area contributed by atoms with Gasteiger partial charge in [-0.1, -0.05) is 10.6 Å². The minimum Gasteiger partial charge on any atom is -0.398 e. The molecule has 0 bridgehead atoms. The van der Waals surface area contributed by atoms with Gasteiger partial charge in [0, 0.05) is 17.2 Å². The Kier molecular flexibility index (Phi) is 3.22. The summed E-state index contributed by atoms with van der Waals surface area (Å²) in [6, 6.07) is 3.37. The largest absolute Gasteiger partial charge is 0.398 e. The molecule has 1 aromatic heterocycles. The van der Waals surface area contributed by atoms with Gasteiger partial charge in [-0.25, -0.2) is 8.42 Å². The highest BCUT2D eigenvalue weighted by atomic mass is 32.2. The zero-order chi connectivity index (χ0) is 13.3. The van der Waals surface area contributed by atoms with E-state index >= 15 is 0 Å². The van der Waals surface area contributed by atoms with E-state index in [1.54, 1.807) is 26.0 Å². The van der Waals surface area contributed by atoms with Crippen LogP contribution in [0.4, 0.5) is 10.7 Å². The van der Waals surface area contributed by atoms with E-state index in [2.05, 4.69) is 14.3 Å². The summed E-state index contributed by atoms with van der Waals surface area (Å²) in [6.45, 7) is 3.41. The second kappa shape index (κ2) is 4.54. The number of benzene rings is 1. The number of aromatic nitrogens is 2. The van der Waals surface area contributed by atoms with Crippen molar-refractivity contribution in [1.29, 1.82) is 0 Å². The maximum atomic E-state index is 12.3. The van der Waals surface area contributed by atoms with Crippen molar-refractivity contribution in [2.75, 3.05) is 10.5 Å². The lowest BCUT2D eigenvalue weighted by molar-refractivity contribution is 0.600. The van der Waals surface area contributed by atoms with Gasteiger partial charge in [0.2, 0.25) is 0 Å². The molecule has 3 N–H and O–H groups in total. The molecular weight excluding hydrogens is 272 g/mol. The molecule has 0 aliphatic heterocycles. The van der Waals surface area contributed by atoms with Crippen LogP contribution >= 0.6 is 11.5 Å². The molecule has 0 fully saturated rings. The van der Waals surface area contributed by atoms with Crippen LogP contribution in [0, 0.1) is 13.8 Å². The van der Waals surface area contributed by atoms with E-state index < -0.39 is 10.0 Å². The smallest absolute Gasteiger partial charge is 0.263 e. The molecule has 6 nitrogen and oxygen atoms in total. The van der Waals surface area contributed by atoms with Crippen LogP contribution in [0.2, 0.25) is 0 Å². The molecule has 1 heterocycles. The summed E-state index contributed by atoms with van der Waals surface area (Å²) < 4.78 is 30.6. The fourth-order valence-corrected chi connectivity index (χ4v) is 3.84. The monoisotopic (exact) mass is 284 g/mol. The van der Waals surface area contributed by atoms with Gasteiger partial charge in [-0.3, -0.25) is 4.72 Å². The van der Waals surface area contributed by atoms with E-state index in [1.165, 1.54) is 6.20 Å². The van der Waals surface area contributed by atoms with Crippen molar-refractivity contribution in [3.05, 3.63) is 29.5 Å². The first-order valence-electron chi connectivity index (χ1n) is 5.07. The third kappa shape index (κ3) is 2.29. The normalized spacial score (nSPS) is 11.4. The number of nitrogens with one attached hydrogen (secondary N) is 1. The third-order valence-electron chi connectivity index (χ3n) is 2.51. The maximum absolute atomic E-state index is 12.3. The fourth-order valence-electron chi connectivity index (χ4n) is 1.65. The van der Waals surface area contributed by atoms with E-state index in [-0.39, 0.29) is 4.90 Å². The van der Waals surface area contributed by atoms with Gasteiger partial charge in [0.15, 0.2) is 0 Å². The summed E-state index contributed by atoms with van der Waals surface area (Å²) in [5.41, 5.74) is 7.38. The van der Waals surface area contributed by atoms with Crippen molar-refractivity contribution in [2.24, 2.45) is 0 Å². The third-order valence-corrected chi connectivity index (χ3v) is 4.87. The number of sulfonamides is 1. The Bertz CT molecular complexity index is 665. The lowest BCUT2D eigenvalue weighted by atomic mass is 10.1. The molecule has 0 aliphatic rings. The Morgan fingerprint density at radius 1 is 1.33 bits per heavy atom. The van der Waals surface area contributed by atoms with Gasteiger partial charge in [-0.15, -0.1) is 5.10 Å². The second-order valence-electron chi connectivity index (χ2n) is 3.81. The van der Waals surface area contributed by atoms with Gasteiger partial charge in [0.05, 0.1) is 11.1 Å². The van der Waals surface area contributed by atoms with Crippen LogP contribution in [0.25, 0.3) is 0 Å². The average molecular weight is 284 g/mol. The highest BCUT2D eigenvalue weighted by Gasteiger charge is 2.21. The van der Waals surface area contributed by atoms with Crippen molar-refractivity contribution in [3.8, 4) is 0 Å². The summed E-state index contributed by atoms with van der Waals surface area (Å²) >= 11 is 0.978. The maximum Gasteiger partial charge on any atom is 0.263 e. The molecule has 0 unspecified atom stereocenters. The predicted molar refractivity (Wildman–Crippen MR) is 71.0 cm³/mol. The van der Waals surface area contributed by atoms with Crippen molar-refractivity contribution in [3.63, 3.8) is 0 Å². The minimum absolute atomic E-state index is 0.205. The number of anilines is 2. The van der Waals surface area contributed by atoms with Gasteiger partial charge < -0.3 is 5.73 Å². The number of nitrogen functional groups attached to an aromatic ring is 1. The highest BCUT2D eigenvalue weighted by Crippen LogP contribution is 2.27. The van der Waals surface area contributed by atoms with Gasteiger partial charge in [0.1, 0.15) is 5.00 Å². The minimum atomic E-state index is -3.67. The van der Waals surface area contributed by atoms with Gasteiger partial charge in [-0.05, 0) is 31.0 Å². The van der Waals surface area contributed by atoms with Gasteiger partial charge in [-0.2, -0.15) is 0 Å². The van der Waals surface area contributed by atoms with Gasteiger partial charge >= 0.3 is 0 Å². The molecule has 0 aliphatic carbocycles. The van der Waals surface area contributed by atoms with Crippen LogP contribution in [0.15, 0.2) is 23.2 Å². The van der Waals surface area contributed by atoms with E-state index in [1.807, 2.05) is 0 Å². The van der Waals surface area contributed by atoms with Crippen molar-refractivity contribution < 1.29 is 8.42 Å². The van der Waals surface area contributed by atoms with E-state index in [4.69, 9.17) is 5.73 Å². The van der Waals surface area contributed by atoms with Crippen LogP contribution in [0.3, 0.4) is 0 Å².